The molecule has 19 heavy (non-hydrogen) atoms. The number of piperidine rings is 1. The molecule has 1 saturated carbocycles. The van der Waals surface area contributed by atoms with Crippen molar-refractivity contribution in [3.8, 4) is 0 Å². The molecule has 1 heterocycles. The van der Waals surface area contributed by atoms with Crippen LogP contribution in [0.25, 0.3) is 0 Å². The molecule has 0 radical (unpaired) electrons. The van der Waals surface area contributed by atoms with Crippen molar-refractivity contribution in [3.05, 3.63) is 0 Å². The van der Waals surface area contributed by atoms with Gasteiger partial charge in [0.25, 0.3) is 0 Å². The zero-order valence-corrected chi connectivity index (χ0v) is 12.2. The van der Waals surface area contributed by atoms with Crippen LogP contribution < -0.4 is 0 Å². The summed E-state index contributed by atoms with van der Waals surface area (Å²) in [6, 6.07) is 0.0314. The standard InChI is InChI=1S/C14H22ClNO3/c1-19-8-6-14-4-2-7-16(13(18)10-15)12(14)9-11(17)3-5-14/h12H,2-10H2,1H3/t12-,14+/m0/s1. The molecule has 108 valence electrons. The van der Waals surface area contributed by atoms with Crippen LogP contribution in [0.3, 0.4) is 0 Å². The molecule has 0 bridgehead atoms. The molecule has 0 spiro atoms. The highest BCUT2D eigenvalue weighted by atomic mass is 35.5. The number of ether oxygens (including phenoxy) is 1. The maximum atomic E-state index is 12.0. The van der Waals surface area contributed by atoms with E-state index in [1.165, 1.54) is 0 Å². The van der Waals surface area contributed by atoms with Crippen molar-refractivity contribution in [2.75, 3.05) is 26.1 Å². The maximum Gasteiger partial charge on any atom is 0.237 e. The molecule has 2 aliphatic rings. The Labute approximate surface area is 119 Å². The molecule has 0 aromatic heterocycles. The third-order valence-corrected chi connectivity index (χ3v) is 4.95. The molecule has 5 heteroatoms. The number of amides is 1. The lowest BCUT2D eigenvalue weighted by Crippen LogP contribution is -2.58. The first kappa shape index (κ1) is 14.8. The van der Waals surface area contributed by atoms with E-state index in [1.54, 1.807) is 7.11 Å². The van der Waals surface area contributed by atoms with Gasteiger partial charge in [0.2, 0.25) is 5.91 Å². The van der Waals surface area contributed by atoms with Crippen molar-refractivity contribution in [2.24, 2.45) is 5.41 Å². The summed E-state index contributed by atoms with van der Waals surface area (Å²) >= 11 is 5.70. The molecule has 1 saturated heterocycles. The van der Waals surface area contributed by atoms with Crippen LogP contribution in [-0.2, 0) is 14.3 Å². The van der Waals surface area contributed by atoms with Crippen molar-refractivity contribution in [1.82, 2.24) is 4.90 Å². The first-order valence-electron chi connectivity index (χ1n) is 6.99. The highest BCUT2D eigenvalue weighted by Crippen LogP contribution is 2.47. The molecule has 1 aliphatic carbocycles. The lowest BCUT2D eigenvalue weighted by atomic mass is 9.63. The minimum absolute atomic E-state index is 0.00501. The molecule has 0 N–H and O–H groups in total. The maximum absolute atomic E-state index is 12.0. The predicted octanol–water partition coefficient (Wildman–Crippen LogP) is 1.99. The van der Waals surface area contributed by atoms with Crippen LogP contribution in [0.15, 0.2) is 0 Å². The Balaban J connectivity index is 2.21. The predicted molar refractivity (Wildman–Crippen MR) is 73.2 cm³/mol. The number of Topliss-reactive ketones (excluding diaryl/α,β-unsaturated/α-hetero) is 1. The van der Waals surface area contributed by atoms with Gasteiger partial charge in [0, 0.05) is 39.1 Å². The van der Waals surface area contributed by atoms with Crippen LogP contribution in [0.4, 0.5) is 0 Å². The second kappa shape index (κ2) is 6.23. The van der Waals surface area contributed by atoms with Gasteiger partial charge in [-0.25, -0.2) is 0 Å². The zero-order chi connectivity index (χ0) is 13.9. The first-order chi connectivity index (χ1) is 9.13. The van der Waals surface area contributed by atoms with Gasteiger partial charge in [-0.2, -0.15) is 0 Å². The fourth-order valence-corrected chi connectivity index (χ4v) is 3.83. The molecule has 2 atom stereocenters. The zero-order valence-electron chi connectivity index (χ0n) is 11.5. The Hall–Kier alpha value is -0.610. The first-order valence-corrected chi connectivity index (χ1v) is 7.52. The smallest absolute Gasteiger partial charge is 0.237 e. The van der Waals surface area contributed by atoms with E-state index in [2.05, 4.69) is 0 Å². The van der Waals surface area contributed by atoms with Crippen molar-refractivity contribution < 1.29 is 14.3 Å². The van der Waals surface area contributed by atoms with Crippen LogP contribution >= 0.6 is 11.6 Å². The van der Waals surface area contributed by atoms with Gasteiger partial charge < -0.3 is 9.64 Å². The van der Waals surface area contributed by atoms with Crippen LogP contribution in [0.2, 0.25) is 0 Å². The summed E-state index contributed by atoms with van der Waals surface area (Å²) in [5, 5.41) is 0. The quantitative estimate of drug-likeness (QED) is 0.743. The van der Waals surface area contributed by atoms with E-state index in [0.717, 1.165) is 32.2 Å². The molecule has 0 unspecified atom stereocenters. The van der Waals surface area contributed by atoms with Crippen molar-refractivity contribution in [2.45, 2.75) is 44.6 Å². The minimum atomic E-state index is -0.0390. The SMILES string of the molecule is COCC[C@]12CCCN(C(=O)CCl)[C@H]1CC(=O)CC2. The fourth-order valence-electron chi connectivity index (χ4n) is 3.68. The van der Waals surface area contributed by atoms with Gasteiger partial charge in [0.05, 0.1) is 0 Å². The molecule has 1 aliphatic heterocycles. The number of fused-ring (bicyclic) bond motifs is 1. The lowest BCUT2D eigenvalue weighted by molar-refractivity contribution is -0.144. The third kappa shape index (κ3) is 2.95. The van der Waals surface area contributed by atoms with E-state index in [-0.39, 0.29) is 29.0 Å². The molecule has 1 amide bonds. The van der Waals surface area contributed by atoms with E-state index in [1.807, 2.05) is 4.90 Å². The summed E-state index contributed by atoms with van der Waals surface area (Å²) in [6.07, 6.45) is 5.02. The molecular formula is C14H22ClNO3. The topological polar surface area (TPSA) is 46.6 Å². The number of rotatable bonds is 4. The van der Waals surface area contributed by atoms with E-state index >= 15 is 0 Å². The van der Waals surface area contributed by atoms with Gasteiger partial charge in [-0.1, -0.05) is 0 Å². The summed E-state index contributed by atoms with van der Waals surface area (Å²) in [6.45, 7) is 1.42. The lowest BCUT2D eigenvalue weighted by Gasteiger charge is -2.52. The average Bonchev–Trinajstić information content (AvgIpc) is 2.44. The van der Waals surface area contributed by atoms with Gasteiger partial charge >= 0.3 is 0 Å². The van der Waals surface area contributed by atoms with E-state index in [0.29, 0.717) is 19.4 Å². The molecule has 4 nitrogen and oxygen atoms in total. The Bertz CT molecular complexity index is 361. The average molecular weight is 288 g/mol. The number of carbonyl (C=O) groups excluding carboxylic acids is 2. The second-order valence-corrected chi connectivity index (χ2v) is 5.96. The number of ketones is 1. The van der Waals surface area contributed by atoms with Gasteiger partial charge in [-0.05, 0) is 31.1 Å². The van der Waals surface area contributed by atoms with E-state index in [9.17, 15) is 9.59 Å². The Morgan fingerprint density at radius 2 is 2.32 bits per heavy atom. The molecule has 0 aromatic rings. The summed E-state index contributed by atoms with van der Waals surface area (Å²) in [5.74, 6) is 0.237. The molecule has 0 aromatic carbocycles. The van der Waals surface area contributed by atoms with Crippen molar-refractivity contribution in [1.29, 1.82) is 0 Å². The monoisotopic (exact) mass is 287 g/mol. The Kier molecular flexibility index (Phi) is 4.85. The van der Waals surface area contributed by atoms with Gasteiger partial charge in [-0.15, -0.1) is 11.6 Å². The number of likely N-dealkylation sites (tertiary alicyclic amines) is 1. The highest BCUT2D eigenvalue weighted by molar-refractivity contribution is 6.27. The Morgan fingerprint density at radius 3 is 3.00 bits per heavy atom. The summed E-state index contributed by atoms with van der Waals surface area (Å²) in [7, 11) is 1.70. The molecular weight excluding hydrogens is 266 g/mol. The number of halogens is 1. The van der Waals surface area contributed by atoms with Crippen LogP contribution in [-0.4, -0.2) is 48.8 Å². The summed E-state index contributed by atoms with van der Waals surface area (Å²) in [5.41, 5.74) is 0.0594. The number of hydrogen-bond acceptors (Lipinski definition) is 3. The number of nitrogens with zero attached hydrogens (tertiary/aromatic N) is 1. The summed E-state index contributed by atoms with van der Waals surface area (Å²) in [4.78, 5) is 25.6. The van der Waals surface area contributed by atoms with Gasteiger partial charge in [0.15, 0.2) is 0 Å². The van der Waals surface area contributed by atoms with E-state index in [4.69, 9.17) is 16.3 Å². The number of carbonyl (C=O) groups is 2. The number of hydrogen-bond donors (Lipinski definition) is 0. The van der Waals surface area contributed by atoms with Crippen LogP contribution in [0, 0.1) is 5.41 Å². The van der Waals surface area contributed by atoms with Crippen molar-refractivity contribution >= 4 is 23.3 Å². The van der Waals surface area contributed by atoms with Crippen LogP contribution in [0.5, 0.6) is 0 Å². The minimum Gasteiger partial charge on any atom is -0.385 e. The van der Waals surface area contributed by atoms with Crippen LogP contribution in [0.1, 0.15) is 38.5 Å². The van der Waals surface area contributed by atoms with E-state index < -0.39 is 0 Å². The van der Waals surface area contributed by atoms with Gasteiger partial charge in [0.1, 0.15) is 11.7 Å². The van der Waals surface area contributed by atoms with Gasteiger partial charge in [-0.3, -0.25) is 9.59 Å². The molecule has 2 rings (SSSR count). The van der Waals surface area contributed by atoms with Crippen molar-refractivity contribution in [3.63, 3.8) is 0 Å². The summed E-state index contributed by atoms with van der Waals surface area (Å²) < 4.78 is 5.22. The second-order valence-electron chi connectivity index (χ2n) is 5.69. The third-order valence-electron chi connectivity index (χ3n) is 4.72. The number of alkyl halides is 1. The highest BCUT2D eigenvalue weighted by Gasteiger charge is 2.48. The Morgan fingerprint density at radius 1 is 1.53 bits per heavy atom. The largest absolute Gasteiger partial charge is 0.385 e. The fraction of sp³-hybridized carbons (Fsp3) is 0.857. The normalized spacial score (nSPS) is 31.2. The molecule has 2 fully saturated rings. The number of methoxy groups -OCH3 is 1.